The van der Waals surface area contributed by atoms with Crippen LogP contribution in [-0.2, 0) is 6.54 Å². The van der Waals surface area contributed by atoms with E-state index in [1.165, 1.54) is 10.5 Å². The lowest BCUT2D eigenvalue weighted by atomic mass is 10.2. The van der Waals surface area contributed by atoms with E-state index in [0.29, 0.717) is 0 Å². The highest BCUT2D eigenvalue weighted by molar-refractivity contribution is 9.10. The Hall–Kier alpha value is -0.0800. The average molecular weight is 390 g/mol. The van der Waals surface area contributed by atoms with Crippen LogP contribution in [0.5, 0.6) is 0 Å². The second-order valence-corrected chi connectivity index (χ2v) is 8.26. The number of aromatic nitrogens is 2. The molecule has 1 heterocycles. The second kappa shape index (κ2) is 8.38. The maximum atomic E-state index is 4.18. The molecule has 0 aliphatic carbocycles. The highest BCUT2D eigenvalue weighted by Gasteiger charge is 2.08. The van der Waals surface area contributed by atoms with Gasteiger partial charge < -0.3 is 5.32 Å². The third kappa shape index (κ3) is 4.73. The van der Waals surface area contributed by atoms with Gasteiger partial charge in [-0.2, -0.15) is 0 Å². The largest absolute Gasteiger partial charge is 0.313 e. The van der Waals surface area contributed by atoms with Crippen molar-refractivity contribution in [2.75, 3.05) is 12.8 Å². The minimum Gasteiger partial charge on any atom is -0.313 e. The molecule has 1 N–H and O–H groups in total. The summed E-state index contributed by atoms with van der Waals surface area (Å²) in [4.78, 5) is 1.17. The van der Waals surface area contributed by atoms with Crippen LogP contribution in [0.2, 0.25) is 0 Å². The highest BCUT2D eigenvalue weighted by atomic mass is 79.9. The molecule has 0 bridgehead atoms. The number of benzene rings is 1. The van der Waals surface area contributed by atoms with Gasteiger partial charge in [0, 0.05) is 15.9 Å². The van der Waals surface area contributed by atoms with Gasteiger partial charge in [0.25, 0.3) is 0 Å². The van der Waals surface area contributed by atoms with Gasteiger partial charge in [-0.3, -0.25) is 0 Å². The van der Waals surface area contributed by atoms with Gasteiger partial charge in [0.05, 0.1) is 0 Å². The molecule has 108 valence electrons. The first-order valence-electron chi connectivity index (χ1n) is 6.27. The molecule has 0 spiro atoms. The quantitative estimate of drug-likeness (QED) is 0.549. The molecule has 7 heteroatoms. The maximum absolute atomic E-state index is 4.18. The lowest BCUT2D eigenvalue weighted by molar-refractivity contribution is 0.675. The summed E-state index contributed by atoms with van der Waals surface area (Å²) in [7, 11) is 0. The molecular weight excluding hydrogens is 374 g/mol. The van der Waals surface area contributed by atoms with Crippen LogP contribution in [0.15, 0.2) is 36.2 Å². The summed E-state index contributed by atoms with van der Waals surface area (Å²) in [6, 6.07) is 6.46. The van der Waals surface area contributed by atoms with Crippen LogP contribution >= 0.6 is 50.8 Å². The van der Waals surface area contributed by atoms with Crippen LogP contribution in [0, 0.1) is 0 Å². The zero-order valence-corrected chi connectivity index (χ0v) is 15.4. The summed E-state index contributed by atoms with van der Waals surface area (Å²) in [5, 5.41) is 11.7. The summed E-state index contributed by atoms with van der Waals surface area (Å²) in [5.74, 6) is 0. The molecule has 2 aromatic rings. The number of nitrogens with one attached hydrogen (secondary N) is 1. The molecule has 3 nitrogen and oxygen atoms in total. The molecule has 0 aliphatic rings. The van der Waals surface area contributed by atoms with Crippen LogP contribution in [0.1, 0.15) is 18.9 Å². The van der Waals surface area contributed by atoms with Gasteiger partial charge in [0.1, 0.15) is 0 Å². The van der Waals surface area contributed by atoms with Crippen LogP contribution < -0.4 is 5.32 Å². The van der Waals surface area contributed by atoms with E-state index >= 15 is 0 Å². The Morgan fingerprint density at radius 3 is 2.75 bits per heavy atom. The molecule has 0 fully saturated rings. The average Bonchev–Trinajstić information content (AvgIpc) is 2.90. The minimum absolute atomic E-state index is 0.910. The lowest BCUT2D eigenvalue weighted by Gasteiger charge is -2.06. The van der Waals surface area contributed by atoms with Gasteiger partial charge in [-0.25, -0.2) is 0 Å². The number of halogens is 1. The van der Waals surface area contributed by atoms with Gasteiger partial charge in [-0.05, 0) is 52.8 Å². The van der Waals surface area contributed by atoms with Crippen molar-refractivity contribution >= 4 is 50.8 Å². The van der Waals surface area contributed by atoms with E-state index in [-0.39, 0.29) is 0 Å². The van der Waals surface area contributed by atoms with Gasteiger partial charge in [0.2, 0.25) is 0 Å². The van der Waals surface area contributed by atoms with Gasteiger partial charge in [-0.15, -0.1) is 10.2 Å². The lowest BCUT2D eigenvalue weighted by Crippen LogP contribution is -2.13. The molecular formula is C13H16BrN3S3. The number of thioether (sulfide) groups is 1. The first-order chi connectivity index (χ1) is 9.72. The first kappa shape index (κ1) is 16.3. The number of hydrogen-bond donors (Lipinski definition) is 1. The molecule has 0 saturated heterocycles. The predicted molar refractivity (Wildman–Crippen MR) is 92.0 cm³/mol. The molecule has 0 saturated carbocycles. The number of nitrogens with zero attached hydrogens (tertiary/aromatic N) is 2. The minimum atomic E-state index is 0.910. The van der Waals surface area contributed by atoms with Crippen molar-refractivity contribution in [3.63, 3.8) is 0 Å². The van der Waals surface area contributed by atoms with Crippen LogP contribution in [0.25, 0.3) is 0 Å². The van der Waals surface area contributed by atoms with Gasteiger partial charge >= 0.3 is 0 Å². The van der Waals surface area contributed by atoms with Crippen molar-refractivity contribution in [2.45, 2.75) is 33.5 Å². The fourth-order valence-electron chi connectivity index (χ4n) is 1.56. The second-order valence-electron chi connectivity index (χ2n) is 4.08. The van der Waals surface area contributed by atoms with Crippen molar-refractivity contribution < 1.29 is 0 Å². The Kier molecular flexibility index (Phi) is 6.83. The molecule has 2 rings (SSSR count). The fraction of sp³-hybridized carbons (Fsp3) is 0.385. The molecule has 0 unspecified atom stereocenters. The first-order valence-corrected chi connectivity index (χ1v) is 9.92. The third-order valence-electron chi connectivity index (χ3n) is 2.51. The normalized spacial score (nSPS) is 10.9. The molecule has 1 aromatic heterocycles. The predicted octanol–water partition coefficient (Wildman–Crippen LogP) is 4.67. The van der Waals surface area contributed by atoms with E-state index in [4.69, 9.17) is 0 Å². The van der Waals surface area contributed by atoms with Crippen LogP contribution in [0.4, 0.5) is 0 Å². The molecule has 0 atom stereocenters. The smallest absolute Gasteiger partial charge is 0.179 e. The van der Waals surface area contributed by atoms with Crippen LogP contribution in [-0.4, -0.2) is 23.0 Å². The van der Waals surface area contributed by atoms with Crippen molar-refractivity contribution in [3.8, 4) is 0 Å². The van der Waals surface area contributed by atoms with E-state index in [0.717, 1.165) is 32.7 Å². The topological polar surface area (TPSA) is 37.8 Å². The number of rotatable bonds is 7. The van der Waals surface area contributed by atoms with E-state index in [1.807, 2.05) is 6.26 Å². The third-order valence-corrected chi connectivity index (χ3v) is 6.46. The summed E-state index contributed by atoms with van der Waals surface area (Å²) in [6.45, 7) is 4.14. The zero-order valence-electron chi connectivity index (χ0n) is 11.4. The van der Waals surface area contributed by atoms with Gasteiger partial charge in [0.15, 0.2) is 8.68 Å². The highest BCUT2D eigenvalue weighted by Crippen LogP contribution is 2.36. The summed E-state index contributed by atoms with van der Waals surface area (Å²) in [5.41, 5.74) is 1.29. The Balaban J connectivity index is 2.01. The van der Waals surface area contributed by atoms with E-state index in [2.05, 4.69) is 56.6 Å². The van der Waals surface area contributed by atoms with E-state index in [1.54, 1.807) is 34.9 Å². The van der Waals surface area contributed by atoms with Crippen molar-refractivity contribution in [2.24, 2.45) is 0 Å². The molecule has 0 amide bonds. The van der Waals surface area contributed by atoms with Crippen molar-refractivity contribution in [1.29, 1.82) is 0 Å². The van der Waals surface area contributed by atoms with Crippen molar-refractivity contribution in [3.05, 3.63) is 28.2 Å². The van der Waals surface area contributed by atoms with Crippen LogP contribution in [0.3, 0.4) is 0 Å². The summed E-state index contributed by atoms with van der Waals surface area (Å²) < 4.78 is 3.09. The van der Waals surface area contributed by atoms with E-state index in [9.17, 15) is 0 Å². The summed E-state index contributed by atoms with van der Waals surface area (Å²) >= 11 is 8.55. The molecule has 0 radical (unpaired) electrons. The Bertz CT molecular complexity index is 560. The zero-order chi connectivity index (χ0) is 14.4. The Morgan fingerprint density at radius 2 is 2.10 bits per heavy atom. The Labute approximate surface area is 140 Å². The maximum Gasteiger partial charge on any atom is 0.179 e. The Morgan fingerprint density at radius 1 is 1.30 bits per heavy atom. The molecule has 20 heavy (non-hydrogen) atoms. The standard InChI is InChI=1S/C13H16BrN3S3/c1-3-6-15-8-9-4-5-11(10(14)7-9)19-13-17-16-12(18-2)20-13/h4-5,7,15H,3,6,8H2,1-2H3. The van der Waals surface area contributed by atoms with Gasteiger partial charge in [-0.1, -0.05) is 47.9 Å². The monoisotopic (exact) mass is 389 g/mol. The van der Waals surface area contributed by atoms with Crippen molar-refractivity contribution in [1.82, 2.24) is 15.5 Å². The SMILES string of the molecule is CCCNCc1ccc(Sc2nnc(SC)s2)c(Br)c1. The number of hydrogen-bond acceptors (Lipinski definition) is 6. The molecule has 0 aliphatic heterocycles. The summed E-state index contributed by atoms with van der Waals surface area (Å²) in [6.07, 6.45) is 3.17. The van der Waals surface area contributed by atoms with E-state index < -0.39 is 0 Å². The fourth-order valence-corrected chi connectivity index (χ4v) is 4.63. The molecule has 1 aromatic carbocycles.